The summed E-state index contributed by atoms with van der Waals surface area (Å²) in [6, 6.07) is 15.0. The maximum Gasteiger partial charge on any atom is 0.261 e. The lowest BCUT2D eigenvalue weighted by molar-refractivity contribution is 0.0672. The molecule has 0 saturated carbocycles. The fourth-order valence-corrected chi connectivity index (χ4v) is 3.11. The highest BCUT2D eigenvalue weighted by Crippen LogP contribution is 2.23. The van der Waals surface area contributed by atoms with E-state index in [4.69, 9.17) is 0 Å². The number of amides is 2. The van der Waals surface area contributed by atoms with Crippen molar-refractivity contribution >= 4 is 17.9 Å². The molecule has 0 aromatic heterocycles. The molecule has 2 aromatic rings. The van der Waals surface area contributed by atoms with Gasteiger partial charge in [-0.1, -0.05) is 62.4 Å². The van der Waals surface area contributed by atoms with Crippen LogP contribution in [0.4, 0.5) is 0 Å². The van der Waals surface area contributed by atoms with Gasteiger partial charge in [-0.2, -0.15) is 0 Å². The van der Waals surface area contributed by atoms with Crippen LogP contribution in [0.15, 0.2) is 54.6 Å². The molecule has 1 aliphatic rings. The van der Waals surface area contributed by atoms with Gasteiger partial charge in [0.25, 0.3) is 11.8 Å². The fraction of sp³-hybridized carbons (Fsp3) is 0.273. The van der Waals surface area contributed by atoms with Crippen LogP contribution in [0.3, 0.4) is 0 Å². The number of rotatable bonds is 6. The molecule has 4 nitrogen and oxygen atoms in total. The number of hydrogen-bond acceptors (Lipinski definition) is 3. The van der Waals surface area contributed by atoms with Crippen LogP contribution in [-0.2, 0) is 6.42 Å². The van der Waals surface area contributed by atoms with Gasteiger partial charge in [-0.05, 0) is 35.1 Å². The summed E-state index contributed by atoms with van der Waals surface area (Å²) in [6.45, 7) is 4.43. The molecule has 0 bridgehead atoms. The zero-order valence-corrected chi connectivity index (χ0v) is 15.1. The molecule has 134 valence electrons. The van der Waals surface area contributed by atoms with E-state index in [0.717, 1.165) is 17.5 Å². The molecule has 1 heterocycles. The largest absolute Gasteiger partial charge is 0.396 e. The average molecular weight is 349 g/mol. The van der Waals surface area contributed by atoms with E-state index in [0.29, 0.717) is 11.1 Å². The molecular weight excluding hydrogens is 326 g/mol. The summed E-state index contributed by atoms with van der Waals surface area (Å²) in [5.41, 5.74) is 2.93. The SMILES string of the molecule is CC(C)(CO)Cc1cccc(C=CCN2C(=O)c3ccccc3C2=O)c1. The maximum absolute atomic E-state index is 12.3. The Morgan fingerprint density at radius 2 is 1.65 bits per heavy atom. The van der Waals surface area contributed by atoms with Gasteiger partial charge >= 0.3 is 0 Å². The van der Waals surface area contributed by atoms with Gasteiger partial charge in [0.2, 0.25) is 0 Å². The third-order valence-corrected chi connectivity index (χ3v) is 4.54. The quantitative estimate of drug-likeness (QED) is 0.811. The molecule has 0 unspecified atom stereocenters. The lowest BCUT2D eigenvalue weighted by atomic mass is 9.86. The first-order valence-corrected chi connectivity index (χ1v) is 8.73. The number of aliphatic hydroxyl groups is 1. The molecule has 26 heavy (non-hydrogen) atoms. The predicted octanol–water partition coefficient (Wildman–Crippen LogP) is 3.56. The first kappa shape index (κ1) is 18.1. The number of imide groups is 1. The van der Waals surface area contributed by atoms with Gasteiger partial charge in [0.1, 0.15) is 0 Å². The van der Waals surface area contributed by atoms with Crippen LogP contribution in [0, 0.1) is 5.41 Å². The third kappa shape index (κ3) is 3.75. The number of nitrogens with zero attached hydrogens (tertiary/aromatic N) is 1. The number of fused-ring (bicyclic) bond motifs is 1. The Morgan fingerprint density at radius 3 is 2.27 bits per heavy atom. The summed E-state index contributed by atoms with van der Waals surface area (Å²) >= 11 is 0. The minimum atomic E-state index is -0.242. The van der Waals surface area contributed by atoms with Gasteiger partial charge in [0, 0.05) is 13.2 Å². The van der Waals surface area contributed by atoms with Crippen LogP contribution in [0.5, 0.6) is 0 Å². The Hall–Kier alpha value is -2.72. The molecular formula is C22H23NO3. The zero-order chi connectivity index (χ0) is 18.7. The summed E-state index contributed by atoms with van der Waals surface area (Å²) in [5, 5.41) is 9.43. The van der Waals surface area contributed by atoms with Crippen LogP contribution in [0.1, 0.15) is 45.7 Å². The summed E-state index contributed by atoms with van der Waals surface area (Å²) in [5.74, 6) is -0.484. The van der Waals surface area contributed by atoms with E-state index < -0.39 is 0 Å². The number of hydrogen-bond donors (Lipinski definition) is 1. The average Bonchev–Trinajstić information content (AvgIpc) is 2.87. The van der Waals surface area contributed by atoms with Gasteiger partial charge < -0.3 is 5.11 Å². The predicted molar refractivity (Wildman–Crippen MR) is 102 cm³/mol. The van der Waals surface area contributed by atoms with E-state index in [2.05, 4.69) is 6.07 Å². The van der Waals surface area contributed by atoms with E-state index >= 15 is 0 Å². The first-order valence-electron chi connectivity index (χ1n) is 8.73. The topological polar surface area (TPSA) is 57.6 Å². The van der Waals surface area contributed by atoms with E-state index in [1.165, 1.54) is 4.90 Å². The van der Waals surface area contributed by atoms with Gasteiger partial charge in [-0.3, -0.25) is 14.5 Å². The Balaban J connectivity index is 1.68. The molecule has 2 amide bonds. The summed E-state index contributed by atoms with van der Waals surface area (Å²) in [6.07, 6.45) is 4.53. The van der Waals surface area contributed by atoms with Crippen LogP contribution in [0.25, 0.3) is 6.08 Å². The molecule has 0 spiro atoms. The molecule has 0 fully saturated rings. The van der Waals surface area contributed by atoms with Crippen molar-refractivity contribution in [3.8, 4) is 0 Å². The summed E-state index contributed by atoms with van der Waals surface area (Å²) in [4.78, 5) is 25.9. The van der Waals surface area contributed by atoms with Crippen molar-refractivity contribution in [1.82, 2.24) is 4.90 Å². The van der Waals surface area contributed by atoms with Crippen molar-refractivity contribution in [2.75, 3.05) is 13.2 Å². The normalized spacial score (nSPS) is 14.3. The standard InChI is InChI=1S/C22H23NO3/c1-22(2,15-24)14-17-8-5-7-16(13-17)9-6-12-23-20(25)18-10-3-4-11-19(18)21(23)26/h3-11,13,24H,12,14-15H2,1-2H3. The lowest BCUT2D eigenvalue weighted by Crippen LogP contribution is -2.29. The molecule has 1 aliphatic heterocycles. The van der Waals surface area contributed by atoms with E-state index in [1.54, 1.807) is 24.3 Å². The van der Waals surface area contributed by atoms with E-state index in [9.17, 15) is 14.7 Å². The van der Waals surface area contributed by atoms with Crippen LogP contribution in [0.2, 0.25) is 0 Å². The highest BCUT2D eigenvalue weighted by atomic mass is 16.3. The zero-order valence-electron chi connectivity index (χ0n) is 15.1. The Bertz CT molecular complexity index is 832. The molecule has 1 N–H and O–H groups in total. The lowest BCUT2D eigenvalue weighted by Gasteiger charge is -2.21. The van der Waals surface area contributed by atoms with Gasteiger partial charge in [-0.15, -0.1) is 0 Å². The molecule has 0 radical (unpaired) electrons. The summed E-state index contributed by atoms with van der Waals surface area (Å²) in [7, 11) is 0. The van der Waals surface area contributed by atoms with Crippen LogP contribution >= 0.6 is 0 Å². The Labute approximate surface area is 153 Å². The van der Waals surface area contributed by atoms with Crippen molar-refractivity contribution in [3.63, 3.8) is 0 Å². The van der Waals surface area contributed by atoms with Crippen molar-refractivity contribution in [2.24, 2.45) is 5.41 Å². The number of carbonyl (C=O) groups is 2. The van der Waals surface area contributed by atoms with Crippen molar-refractivity contribution in [1.29, 1.82) is 0 Å². The highest BCUT2D eigenvalue weighted by Gasteiger charge is 2.34. The highest BCUT2D eigenvalue weighted by molar-refractivity contribution is 6.21. The maximum atomic E-state index is 12.3. The molecule has 0 atom stereocenters. The van der Waals surface area contributed by atoms with Crippen molar-refractivity contribution < 1.29 is 14.7 Å². The minimum absolute atomic E-state index is 0.132. The molecule has 3 rings (SSSR count). The molecule has 4 heteroatoms. The second-order valence-corrected chi connectivity index (χ2v) is 7.41. The second-order valence-electron chi connectivity index (χ2n) is 7.41. The Morgan fingerprint density at radius 1 is 1.00 bits per heavy atom. The van der Waals surface area contributed by atoms with Crippen molar-refractivity contribution in [2.45, 2.75) is 20.3 Å². The minimum Gasteiger partial charge on any atom is -0.396 e. The first-order chi connectivity index (χ1) is 12.4. The van der Waals surface area contributed by atoms with Crippen LogP contribution < -0.4 is 0 Å². The van der Waals surface area contributed by atoms with E-state index in [-0.39, 0.29) is 30.4 Å². The number of benzene rings is 2. The molecule has 2 aromatic carbocycles. The Kier molecular flexibility index (Phi) is 5.05. The van der Waals surface area contributed by atoms with Gasteiger partial charge in [0.05, 0.1) is 11.1 Å². The third-order valence-electron chi connectivity index (χ3n) is 4.54. The summed E-state index contributed by atoms with van der Waals surface area (Å²) < 4.78 is 0. The van der Waals surface area contributed by atoms with Crippen LogP contribution in [-0.4, -0.2) is 35.0 Å². The van der Waals surface area contributed by atoms with Crippen molar-refractivity contribution in [3.05, 3.63) is 76.9 Å². The van der Waals surface area contributed by atoms with E-state index in [1.807, 2.05) is 44.2 Å². The number of aliphatic hydroxyl groups excluding tert-OH is 1. The monoisotopic (exact) mass is 349 g/mol. The number of carbonyl (C=O) groups excluding carboxylic acids is 2. The van der Waals surface area contributed by atoms with Gasteiger partial charge in [-0.25, -0.2) is 0 Å². The molecule has 0 saturated heterocycles. The second kappa shape index (κ2) is 7.26. The fourth-order valence-electron chi connectivity index (χ4n) is 3.11. The molecule has 0 aliphatic carbocycles. The van der Waals surface area contributed by atoms with Gasteiger partial charge in [0.15, 0.2) is 0 Å². The smallest absolute Gasteiger partial charge is 0.261 e.